The van der Waals surface area contributed by atoms with Crippen molar-refractivity contribution in [1.29, 1.82) is 0 Å². The number of benzene rings is 1. The first-order chi connectivity index (χ1) is 12.1. The number of nitrogens with zero attached hydrogens (tertiary/aromatic N) is 4. The van der Waals surface area contributed by atoms with Gasteiger partial charge in [0.25, 0.3) is 5.91 Å². The predicted molar refractivity (Wildman–Crippen MR) is 102 cm³/mol. The first-order valence-electron chi connectivity index (χ1n) is 8.78. The Balaban J connectivity index is 1.74. The molecule has 2 aromatic rings. The van der Waals surface area contributed by atoms with Crippen LogP contribution in [0.5, 0.6) is 0 Å². The molecule has 1 aromatic carbocycles. The molecule has 25 heavy (non-hydrogen) atoms. The smallest absolute Gasteiger partial charge is 0.257 e. The molecule has 0 spiro atoms. The van der Waals surface area contributed by atoms with Gasteiger partial charge in [-0.15, -0.1) is 0 Å². The van der Waals surface area contributed by atoms with E-state index in [2.05, 4.69) is 39.0 Å². The van der Waals surface area contributed by atoms with Gasteiger partial charge in [-0.05, 0) is 42.7 Å². The molecule has 2 heterocycles. The van der Waals surface area contributed by atoms with Gasteiger partial charge in [-0.2, -0.15) is 0 Å². The van der Waals surface area contributed by atoms with Crippen molar-refractivity contribution in [2.75, 3.05) is 44.0 Å². The van der Waals surface area contributed by atoms with E-state index in [1.807, 2.05) is 33.3 Å². The van der Waals surface area contributed by atoms with Crippen LogP contribution >= 0.6 is 0 Å². The van der Waals surface area contributed by atoms with Gasteiger partial charge < -0.3 is 14.7 Å². The standard InChI is InChI=1S/C20H26N4O/c1-22(2)17-10-8-16(9-11-17)15-23(3)20(25)18-7-6-12-21-19(18)24-13-4-5-14-24/h6-12H,4-5,13-15H2,1-3H3. The first kappa shape index (κ1) is 17.3. The molecule has 1 saturated heterocycles. The fourth-order valence-electron chi connectivity index (χ4n) is 3.20. The Kier molecular flexibility index (Phi) is 5.22. The molecule has 5 nitrogen and oxygen atoms in total. The Bertz CT molecular complexity index is 721. The second-order valence-corrected chi connectivity index (χ2v) is 6.79. The van der Waals surface area contributed by atoms with E-state index in [1.165, 1.54) is 0 Å². The van der Waals surface area contributed by atoms with Gasteiger partial charge in [0.15, 0.2) is 0 Å². The maximum absolute atomic E-state index is 13.0. The number of hydrogen-bond acceptors (Lipinski definition) is 4. The van der Waals surface area contributed by atoms with Gasteiger partial charge in [-0.1, -0.05) is 12.1 Å². The van der Waals surface area contributed by atoms with Crippen LogP contribution in [0, 0.1) is 0 Å². The quantitative estimate of drug-likeness (QED) is 0.840. The number of amides is 1. The summed E-state index contributed by atoms with van der Waals surface area (Å²) >= 11 is 0. The molecule has 1 fully saturated rings. The summed E-state index contributed by atoms with van der Waals surface area (Å²) in [6.07, 6.45) is 4.10. The number of anilines is 2. The maximum atomic E-state index is 13.0. The summed E-state index contributed by atoms with van der Waals surface area (Å²) in [6.45, 7) is 2.54. The SMILES string of the molecule is CN(Cc1ccc(N(C)C)cc1)C(=O)c1cccnc1N1CCCC1. The lowest BCUT2D eigenvalue weighted by atomic mass is 10.1. The lowest BCUT2D eigenvalue weighted by molar-refractivity contribution is 0.0785. The largest absolute Gasteiger partial charge is 0.378 e. The number of carbonyl (C=O) groups excluding carboxylic acids is 1. The zero-order valence-corrected chi connectivity index (χ0v) is 15.3. The summed E-state index contributed by atoms with van der Waals surface area (Å²) in [7, 11) is 5.89. The van der Waals surface area contributed by atoms with Gasteiger partial charge in [0.1, 0.15) is 5.82 Å². The van der Waals surface area contributed by atoms with E-state index >= 15 is 0 Å². The minimum Gasteiger partial charge on any atom is -0.378 e. The van der Waals surface area contributed by atoms with Gasteiger partial charge in [0.2, 0.25) is 0 Å². The molecule has 5 heteroatoms. The van der Waals surface area contributed by atoms with E-state index in [9.17, 15) is 4.79 Å². The van der Waals surface area contributed by atoms with Crippen molar-refractivity contribution in [3.05, 3.63) is 53.7 Å². The van der Waals surface area contributed by atoms with Crippen LogP contribution in [-0.2, 0) is 6.54 Å². The molecule has 0 N–H and O–H groups in total. The van der Waals surface area contributed by atoms with E-state index < -0.39 is 0 Å². The third kappa shape index (κ3) is 3.92. The molecule has 0 aliphatic carbocycles. The lowest BCUT2D eigenvalue weighted by Gasteiger charge is -2.23. The van der Waals surface area contributed by atoms with Gasteiger partial charge in [-0.25, -0.2) is 4.98 Å². The predicted octanol–water partition coefficient (Wildman–Crippen LogP) is 3.02. The molecule has 3 rings (SSSR count). The van der Waals surface area contributed by atoms with Crippen LogP contribution in [0.25, 0.3) is 0 Å². The molecule has 0 radical (unpaired) electrons. The summed E-state index contributed by atoms with van der Waals surface area (Å²) in [4.78, 5) is 23.5. The molecular weight excluding hydrogens is 312 g/mol. The first-order valence-corrected chi connectivity index (χ1v) is 8.78. The van der Waals surface area contributed by atoms with Crippen LogP contribution in [0.3, 0.4) is 0 Å². The van der Waals surface area contributed by atoms with Gasteiger partial charge in [-0.3, -0.25) is 4.79 Å². The van der Waals surface area contributed by atoms with Crippen LogP contribution < -0.4 is 9.80 Å². The second-order valence-electron chi connectivity index (χ2n) is 6.79. The number of rotatable bonds is 5. The molecule has 0 bridgehead atoms. The van der Waals surface area contributed by atoms with Crippen molar-refractivity contribution < 1.29 is 4.79 Å². The average molecular weight is 338 g/mol. The minimum absolute atomic E-state index is 0.0201. The third-order valence-electron chi connectivity index (χ3n) is 4.64. The molecule has 0 saturated carbocycles. The average Bonchev–Trinajstić information content (AvgIpc) is 3.16. The second kappa shape index (κ2) is 7.55. The maximum Gasteiger partial charge on any atom is 0.257 e. The van der Waals surface area contributed by atoms with Gasteiger partial charge in [0.05, 0.1) is 5.56 Å². The van der Waals surface area contributed by atoms with E-state index in [0.717, 1.165) is 43.0 Å². The number of aromatic nitrogens is 1. The summed E-state index contributed by atoms with van der Waals surface area (Å²) in [5.74, 6) is 0.839. The fourth-order valence-corrected chi connectivity index (χ4v) is 3.20. The van der Waals surface area contributed by atoms with Gasteiger partial charge in [0, 0.05) is 52.7 Å². The monoisotopic (exact) mass is 338 g/mol. The number of pyridine rings is 1. The van der Waals surface area contributed by atoms with Crippen LogP contribution in [0.1, 0.15) is 28.8 Å². The molecule has 0 unspecified atom stereocenters. The zero-order chi connectivity index (χ0) is 17.8. The highest BCUT2D eigenvalue weighted by Crippen LogP contribution is 2.23. The Morgan fingerprint density at radius 2 is 1.76 bits per heavy atom. The topological polar surface area (TPSA) is 39.7 Å². The normalized spacial score (nSPS) is 13.8. The van der Waals surface area contributed by atoms with Crippen LogP contribution in [0.15, 0.2) is 42.6 Å². The van der Waals surface area contributed by atoms with E-state index in [4.69, 9.17) is 0 Å². The van der Waals surface area contributed by atoms with E-state index in [-0.39, 0.29) is 5.91 Å². The summed E-state index contributed by atoms with van der Waals surface area (Å²) in [6, 6.07) is 12.0. The minimum atomic E-state index is 0.0201. The van der Waals surface area contributed by atoms with E-state index in [0.29, 0.717) is 12.1 Å². The molecule has 0 atom stereocenters. The summed E-state index contributed by atoms with van der Waals surface area (Å²) < 4.78 is 0. The highest BCUT2D eigenvalue weighted by molar-refractivity contribution is 5.98. The molecule has 1 aliphatic heterocycles. The Hall–Kier alpha value is -2.56. The highest BCUT2D eigenvalue weighted by Gasteiger charge is 2.22. The third-order valence-corrected chi connectivity index (χ3v) is 4.64. The van der Waals surface area contributed by atoms with Crippen molar-refractivity contribution in [2.45, 2.75) is 19.4 Å². The van der Waals surface area contributed by atoms with Crippen molar-refractivity contribution in [1.82, 2.24) is 9.88 Å². The molecule has 132 valence electrons. The molecule has 1 aliphatic rings. The van der Waals surface area contributed by atoms with Crippen LogP contribution in [0.4, 0.5) is 11.5 Å². The Labute approximate surface area is 149 Å². The number of carbonyl (C=O) groups is 1. The van der Waals surface area contributed by atoms with E-state index in [1.54, 1.807) is 11.1 Å². The van der Waals surface area contributed by atoms with Crippen molar-refractivity contribution >= 4 is 17.4 Å². The van der Waals surface area contributed by atoms with Crippen molar-refractivity contribution in [3.63, 3.8) is 0 Å². The summed E-state index contributed by atoms with van der Waals surface area (Å²) in [5, 5.41) is 0. The fraction of sp³-hybridized carbons (Fsp3) is 0.400. The van der Waals surface area contributed by atoms with Crippen LogP contribution in [-0.4, -0.2) is 50.0 Å². The van der Waals surface area contributed by atoms with Crippen molar-refractivity contribution in [3.8, 4) is 0 Å². The van der Waals surface area contributed by atoms with Crippen LogP contribution in [0.2, 0.25) is 0 Å². The van der Waals surface area contributed by atoms with Crippen molar-refractivity contribution in [2.24, 2.45) is 0 Å². The molecule has 1 aromatic heterocycles. The Morgan fingerprint density at radius 3 is 2.40 bits per heavy atom. The Morgan fingerprint density at radius 1 is 1.08 bits per heavy atom. The molecular formula is C20H26N4O. The highest BCUT2D eigenvalue weighted by atomic mass is 16.2. The number of hydrogen-bond donors (Lipinski definition) is 0. The lowest BCUT2D eigenvalue weighted by Crippen LogP contribution is -2.29. The van der Waals surface area contributed by atoms with Gasteiger partial charge >= 0.3 is 0 Å². The zero-order valence-electron chi connectivity index (χ0n) is 15.3. The summed E-state index contributed by atoms with van der Waals surface area (Å²) in [5.41, 5.74) is 2.96. The molecule has 1 amide bonds.